The van der Waals surface area contributed by atoms with E-state index in [1.54, 1.807) is 13.1 Å². The summed E-state index contributed by atoms with van der Waals surface area (Å²) in [5.41, 5.74) is 4.98. The molecule has 0 radical (unpaired) electrons. The molecule has 1 aliphatic rings. The lowest BCUT2D eigenvalue weighted by Crippen LogP contribution is -2.37. The van der Waals surface area contributed by atoms with Gasteiger partial charge in [-0.15, -0.1) is 11.3 Å². The highest BCUT2D eigenvalue weighted by atomic mass is 32.2. The third-order valence-corrected chi connectivity index (χ3v) is 5.70. The molecule has 0 fully saturated rings. The zero-order valence-corrected chi connectivity index (χ0v) is 12.4. The average molecular weight is 307 g/mol. The topological polar surface area (TPSA) is 61.8 Å². The van der Waals surface area contributed by atoms with Gasteiger partial charge in [0.15, 0.2) is 0 Å². The van der Waals surface area contributed by atoms with E-state index < -0.39 is 10.0 Å². The van der Waals surface area contributed by atoms with Crippen LogP contribution in [-0.4, -0.2) is 26.9 Å². The Kier molecular flexibility index (Phi) is 3.23. The standard InChI is InChI=1S/C13H13N3O2S2/c1-16-12-7-8-19-13(12)11(9-20(16,17)18)15-14-10-5-3-2-4-6-10/h2-8,14H,9H2,1H3/b15-11-. The minimum absolute atomic E-state index is 0.0865. The van der Waals surface area contributed by atoms with Gasteiger partial charge in [-0.2, -0.15) is 5.10 Å². The van der Waals surface area contributed by atoms with Crippen molar-refractivity contribution in [2.45, 2.75) is 0 Å². The molecule has 1 aromatic heterocycles. The summed E-state index contributed by atoms with van der Waals surface area (Å²) in [4.78, 5) is 0.894. The summed E-state index contributed by atoms with van der Waals surface area (Å²) in [6.07, 6.45) is 0. The van der Waals surface area contributed by atoms with Gasteiger partial charge < -0.3 is 0 Å². The van der Waals surface area contributed by atoms with Gasteiger partial charge in [-0.05, 0) is 23.6 Å². The molecule has 0 saturated carbocycles. The van der Waals surface area contributed by atoms with Crippen LogP contribution in [0, 0.1) is 0 Å². The van der Waals surface area contributed by atoms with E-state index in [1.165, 1.54) is 15.6 Å². The highest BCUT2D eigenvalue weighted by Gasteiger charge is 2.32. The van der Waals surface area contributed by atoms with E-state index in [2.05, 4.69) is 10.5 Å². The third-order valence-electron chi connectivity index (χ3n) is 3.08. The highest BCUT2D eigenvalue weighted by Crippen LogP contribution is 2.32. The fraction of sp³-hybridized carbons (Fsp3) is 0.154. The first kappa shape index (κ1) is 13.1. The molecule has 1 N–H and O–H groups in total. The van der Waals surface area contributed by atoms with Gasteiger partial charge in [0.1, 0.15) is 5.75 Å². The maximum atomic E-state index is 12.1. The molecule has 3 rings (SSSR count). The molecule has 7 heteroatoms. The Balaban J connectivity index is 1.97. The van der Waals surface area contributed by atoms with Crippen LogP contribution in [0.1, 0.15) is 4.88 Å². The van der Waals surface area contributed by atoms with Crippen molar-refractivity contribution in [2.75, 3.05) is 22.5 Å². The van der Waals surface area contributed by atoms with Crippen molar-refractivity contribution in [3.8, 4) is 0 Å². The monoisotopic (exact) mass is 307 g/mol. The fourth-order valence-electron chi connectivity index (χ4n) is 1.98. The predicted octanol–water partition coefficient (Wildman–Crippen LogP) is 2.34. The number of nitrogens with one attached hydrogen (secondary N) is 1. The van der Waals surface area contributed by atoms with Crippen LogP contribution in [0.3, 0.4) is 0 Å². The first-order valence-electron chi connectivity index (χ1n) is 6.00. The van der Waals surface area contributed by atoms with Crippen molar-refractivity contribution in [2.24, 2.45) is 5.10 Å². The molecule has 2 aromatic rings. The number of rotatable bonds is 2. The smallest absolute Gasteiger partial charge is 0.240 e. The van der Waals surface area contributed by atoms with Crippen LogP contribution in [0.4, 0.5) is 11.4 Å². The molecule has 0 atom stereocenters. The molecular formula is C13H13N3O2S2. The van der Waals surface area contributed by atoms with Crippen molar-refractivity contribution in [1.29, 1.82) is 0 Å². The van der Waals surface area contributed by atoms with E-state index >= 15 is 0 Å². The van der Waals surface area contributed by atoms with E-state index in [0.29, 0.717) is 11.4 Å². The van der Waals surface area contributed by atoms with Gasteiger partial charge in [0.25, 0.3) is 0 Å². The van der Waals surface area contributed by atoms with Crippen molar-refractivity contribution in [3.63, 3.8) is 0 Å². The maximum absolute atomic E-state index is 12.1. The van der Waals surface area contributed by atoms with Crippen LogP contribution in [-0.2, 0) is 10.0 Å². The molecule has 0 bridgehead atoms. The maximum Gasteiger partial charge on any atom is 0.240 e. The summed E-state index contributed by atoms with van der Waals surface area (Å²) in [6.45, 7) is 0. The van der Waals surface area contributed by atoms with Crippen molar-refractivity contribution >= 4 is 38.4 Å². The molecule has 2 heterocycles. The summed E-state index contributed by atoms with van der Waals surface area (Å²) in [5, 5.41) is 6.14. The van der Waals surface area contributed by atoms with E-state index in [-0.39, 0.29) is 5.75 Å². The number of hydrogen-bond donors (Lipinski definition) is 1. The van der Waals surface area contributed by atoms with E-state index in [1.807, 2.05) is 35.7 Å². The summed E-state index contributed by atoms with van der Waals surface area (Å²) >= 11 is 1.50. The molecule has 0 spiro atoms. The molecule has 1 aliphatic heterocycles. The van der Waals surface area contributed by atoms with Gasteiger partial charge in [-0.1, -0.05) is 18.2 Å². The molecule has 1 aromatic carbocycles. The summed E-state index contributed by atoms with van der Waals surface area (Å²) in [7, 11) is -1.76. The van der Waals surface area contributed by atoms with Crippen LogP contribution < -0.4 is 9.73 Å². The summed E-state index contributed by atoms with van der Waals surface area (Å²) in [6, 6.07) is 11.3. The fourth-order valence-corrected chi connectivity index (χ4v) is 4.24. The number of fused-ring (bicyclic) bond motifs is 1. The second-order valence-electron chi connectivity index (χ2n) is 4.40. The molecule has 0 saturated heterocycles. The number of hydrogen-bond acceptors (Lipinski definition) is 5. The number of nitrogens with zero attached hydrogens (tertiary/aromatic N) is 2. The van der Waals surface area contributed by atoms with Crippen LogP contribution >= 0.6 is 11.3 Å². The number of sulfonamides is 1. The van der Waals surface area contributed by atoms with Crippen LogP contribution in [0.15, 0.2) is 46.9 Å². The zero-order valence-electron chi connectivity index (χ0n) is 10.8. The second kappa shape index (κ2) is 4.92. The SMILES string of the molecule is CN1c2ccsc2/C(=N\Nc2ccccc2)CS1(=O)=O. The summed E-state index contributed by atoms with van der Waals surface area (Å²) in [5.74, 6) is -0.0865. The minimum atomic E-state index is -3.33. The Morgan fingerprint density at radius 1 is 1.25 bits per heavy atom. The summed E-state index contributed by atoms with van der Waals surface area (Å²) < 4.78 is 25.5. The predicted molar refractivity (Wildman–Crippen MR) is 83.1 cm³/mol. The lowest BCUT2D eigenvalue weighted by molar-refractivity contribution is 0.597. The zero-order chi connectivity index (χ0) is 14.2. The number of benzene rings is 1. The molecule has 0 aliphatic carbocycles. The van der Waals surface area contributed by atoms with E-state index in [9.17, 15) is 8.42 Å². The molecular weight excluding hydrogens is 294 g/mol. The van der Waals surface area contributed by atoms with Gasteiger partial charge in [0.05, 0.1) is 22.0 Å². The van der Waals surface area contributed by atoms with Crippen LogP contribution in [0.25, 0.3) is 0 Å². The van der Waals surface area contributed by atoms with Gasteiger partial charge in [0, 0.05) is 7.05 Å². The Morgan fingerprint density at radius 2 is 2.00 bits per heavy atom. The Morgan fingerprint density at radius 3 is 2.75 bits per heavy atom. The number of anilines is 2. The quantitative estimate of drug-likeness (QED) is 0.866. The molecule has 20 heavy (non-hydrogen) atoms. The van der Waals surface area contributed by atoms with Gasteiger partial charge >= 0.3 is 0 Å². The number of thiophene rings is 1. The van der Waals surface area contributed by atoms with Crippen LogP contribution in [0.5, 0.6) is 0 Å². The second-order valence-corrected chi connectivity index (χ2v) is 7.31. The van der Waals surface area contributed by atoms with Crippen molar-refractivity contribution in [1.82, 2.24) is 0 Å². The number of para-hydroxylation sites is 1. The Bertz CT molecular complexity index is 751. The first-order valence-corrected chi connectivity index (χ1v) is 8.49. The van der Waals surface area contributed by atoms with Gasteiger partial charge in [-0.3, -0.25) is 9.73 Å². The molecule has 0 amide bonds. The normalized spacial score (nSPS) is 18.9. The third kappa shape index (κ3) is 2.30. The van der Waals surface area contributed by atoms with Gasteiger partial charge in [-0.25, -0.2) is 8.42 Å². The lowest BCUT2D eigenvalue weighted by Gasteiger charge is -2.25. The number of hydrazone groups is 1. The molecule has 5 nitrogen and oxygen atoms in total. The Labute approximate surface area is 121 Å². The Hall–Kier alpha value is -1.86. The van der Waals surface area contributed by atoms with Gasteiger partial charge in [0.2, 0.25) is 10.0 Å². The largest absolute Gasteiger partial charge is 0.278 e. The molecule has 104 valence electrons. The van der Waals surface area contributed by atoms with Crippen molar-refractivity contribution < 1.29 is 8.42 Å². The van der Waals surface area contributed by atoms with E-state index in [4.69, 9.17) is 0 Å². The molecule has 0 unspecified atom stereocenters. The van der Waals surface area contributed by atoms with Crippen molar-refractivity contribution in [3.05, 3.63) is 46.7 Å². The minimum Gasteiger partial charge on any atom is -0.278 e. The van der Waals surface area contributed by atoms with E-state index in [0.717, 1.165) is 10.6 Å². The van der Waals surface area contributed by atoms with Crippen LogP contribution in [0.2, 0.25) is 0 Å². The highest BCUT2D eigenvalue weighted by molar-refractivity contribution is 7.93. The average Bonchev–Trinajstić information content (AvgIpc) is 2.92. The first-order chi connectivity index (χ1) is 9.58. The lowest BCUT2D eigenvalue weighted by atomic mass is 10.3.